The van der Waals surface area contributed by atoms with E-state index in [9.17, 15) is 13.5 Å². The first kappa shape index (κ1) is 24.0. The van der Waals surface area contributed by atoms with Crippen molar-refractivity contribution in [3.8, 4) is 0 Å². The number of ether oxygens (including phenoxy) is 2. The maximum absolute atomic E-state index is 12.3. The van der Waals surface area contributed by atoms with E-state index in [0.29, 0.717) is 0 Å². The number of hydrogen-bond donors (Lipinski definition) is 1. The highest BCUT2D eigenvalue weighted by Crippen LogP contribution is 2.31. The molecule has 0 saturated carbocycles. The van der Waals surface area contributed by atoms with Crippen LogP contribution in [0.15, 0.2) is 41.3 Å². The van der Waals surface area contributed by atoms with Gasteiger partial charge in [-0.25, -0.2) is 0 Å². The van der Waals surface area contributed by atoms with Gasteiger partial charge in [0.15, 0.2) is 5.79 Å². The first-order valence-electron chi connectivity index (χ1n) is 10.3. The van der Waals surface area contributed by atoms with E-state index in [1.807, 2.05) is 19.1 Å². The minimum Gasteiger partial charge on any atom is -0.388 e. The Labute approximate surface area is 175 Å². The van der Waals surface area contributed by atoms with Gasteiger partial charge in [-0.2, -0.15) is 8.42 Å². The van der Waals surface area contributed by atoms with Gasteiger partial charge in [-0.1, -0.05) is 56.0 Å². The first-order valence-corrected chi connectivity index (χ1v) is 11.7. The highest BCUT2D eigenvalue weighted by Gasteiger charge is 2.44. The van der Waals surface area contributed by atoms with Crippen LogP contribution < -0.4 is 0 Å². The van der Waals surface area contributed by atoms with Crippen molar-refractivity contribution in [1.82, 2.24) is 0 Å². The number of aryl methyl sites for hydroxylation is 1. The Hall–Kier alpha value is -1.25. The molecule has 1 fully saturated rings. The van der Waals surface area contributed by atoms with Crippen LogP contribution in [0.5, 0.6) is 0 Å². The van der Waals surface area contributed by atoms with Gasteiger partial charge in [0.2, 0.25) is 0 Å². The number of hydrogen-bond acceptors (Lipinski definition) is 6. The van der Waals surface area contributed by atoms with Gasteiger partial charge in [0.05, 0.1) is 11.5 Å². The molecule has 7 heteroatoms. The van der Waals surface area contributed by atoms with E-state index in [4.69, 9.17) is 13.7 Å². The normalized spacial score (nSPS) is 22.9. The second-order valence-corrected chi connectivity index (χ2v) is 9.58. The molecule has 0 unspecified atom stereocenters. The molecular formula is C22H34O6S. The van der Waals surface area contributed by atoms with Gasteiger partial charge in [0, 0.05) is 0 Å². The van der Waals surface area contributed by atoms with Crippen LogP contribution in [0.3, 0.4) is 0 Å². The molecule has 2 rings (SSSR count). The van der Waals surface area contributed by atoms with Gasteiger partial charge in [-0.05, 0) is 45.7 Å². The van der Waals surface area contributed by atoms with Crippen LogP contribution in [0.4, 0.5) is 0 Å². The highest BCUT2D eigenvalue weighted by atomic mass is 32.2. The Bertz CT molecular complexity index is 754. The zero-order chi connectivity index (χ0) is 21.5. The fourth-order valence-electron chi connectivity index (χ4n) is 3.21. The monoisotopic (exact) mass is 426 g/mol. The molecule has 164 valence electrons. The van der Waals surface area contributed by atoms with E-state index < -0.39 is 40.8 Å². The summed E-state index contributed by atoms with van der Waals surface area (Å²) < 4.78 is 41.5. The van der Waals surface area contributed by atoms with Crippen LogP contribution >= 0.6 is 0 Å². The second-order valence-electron chi connectivity index (χ2n) is 7.96. The summed E-state index contributed by atoms with van der Waals surface area (Å²) in [6.45, 7) is 7.19. The van der Waals surface area contributed by atoms with Gasteiger partial charge in [-0.15, -0.1) is 0 Å². The number of unbranched alkanes of at least 4 members (excludes halogenated alkanes) is 4. The first-order chi connectivity index (χ1) is 13.6. The lowest BCUT2D eigenvalue weighted by Gasteiger charge is -2.21. The van der Waals surface area contributed by atoms with Gasteiger partial charge < -0.3 is 14.6 Å². The SMILES string of the molecule is CCCCCC/C=C/[C@@H]1OC(C)(C)O[C@@H]1[C@H](O)COS(=O)(=O)c1ccc(C)cc1. The third kappa shape index (κ3) is 7.50. The van der Waals surface area contributed by atoms with E-state index in [-0.39, 0.29) is 4.90 Å². The molecule has 1 aromatic rings. The lowest BCUT2D eigenvalue weighted by Crippen LogP contribution is -2.38. The lowest BCUT2D eigenvalue weighted by molar-refractivity contribution is -0.155. The Morgan fingerprint density at radius 2 is 1.86 bits per heavy atom. The summed E-state index contributed by atoms with van der Waals surface area (Å²) in [5.74, 6) is -0.862. The highest BCUT2D eigenvalue weighted by molar-refractivity contribution is 7.86. The largest absolute Gasteiger partial charge is 0.388 e. The van der Waals surface area contributed by atoms with Gasteiger partial charge in [0.25, 0.3) is 10.1 Å². The molecule has 0 aromatic heterocycles. The fraction of sp³-hybridized carbons (Fsp3) is 0.636. The zero-order valence-electron chi connectivity index (χ0n) is 17.8. The summed E-state index contributed by atoms with van der Waals surface area (Å²) in [5, 5.41) is 10.6. The third-order valence-electron chi connectivity index (χ3n) is 4.80. The topological polar surface area (TPSA) is 82.1 Å². The molecule has 0 spiro atoms. The Balaban J connectivity index is 1.94. The molecule has 1 heterocycles. The molecule has 0 amide bonds. The molecular weight excluding hydrogens is 392 g/mol. The summed E-state index contributed by atoms with van der Waals surface area (Å²) in [4.78, 5) is 0.0581. The van der Waals surface area contributed by atoms with Crippen LogP contribution in [0.25, 0.3) is 0 Å². The number of aliphatic hydroxyl groups excluding tert-OH is 1. The average Bonchev–Trinajstić information content (AvgIpc) is 2.97. The van der Waals surface area contributed by atoms with E-state index >= 15 is 0 Å². The van der Waals surface area contributed by atoms with Crippen molar-refractivity contribution in [3.63, 3.8) is 0 Å². The van der Waals surface area contributed by atoms with Crippen molar-refractivity contribution in [2.75, 3.05) is 6.61 Å². The maximum Gasteiger partial charge on any atom is 0.297 e. The van der Waals surface area contributed by atoms with E-state index in [1.165, 1.54) is 31.4 Å². The molecule has 1 aliphatic heterocycles. The molecule has 6 nitrogen and oxygen atoms in total. The Morgan fingerprint density at radius 3 is 2.52 bits per heavy atom. The smallest absolute Gasteiger partial charge is 0.297 e. The van der Waals surface area contributed by atoms with Crippen molar-refractivity contribution in [2.24, 2.45) is 0 Å². The number of benzene rings is 1. The Morgan fingerprint density at radius 1 is 1.17 bits per heavy atom. The van der Waals surface area contributed by atoms with Crippen LogP contribution in [0.1, 0.15) is 58.4 Å². The minimum absolute atomic E-state index is 0.0581. The van der Waals surface area contributed by atoms with Crippen molar-refractivity contribution < 1.29 is 27.2 Å². The quantitative estimate of drug-likeness (QED) is 0.326. The van der Waals surface area contributed by atoms with Crippen molar-refractivity contribution in [2.45, 2.75) is 88.8 Å². The average molecular weight is 427 g/mol. The lowest BCUT2D eigenvalue weighted by atomic mass is 10.1. The zero-order valence-corrected chi connectivity index (χ0v) is 18.7. The van der Waals surface area contributed by atoms with E-state index in [2.05, 4.69) is 6.92 Å². The molecule has 0 radical (unpaired) electrons. The maximum atomic E-state index is 12.3. The minimum atomic E-state index is -3.95. The third-order valence-corrected chi connectivity index (χ3v) is 6.09. The second kappa shape index (κ2) is 10.7. The molecule has 0 aliphatic carbocycles. The van der Waals surface area contributed by atoms with Gasteiger partial charge in [0.1, 0.15) is 18.3 Å². The summed E-state index contributed by atoms with van der Waals surface area (Å²) in [7, 11) is -3.95. The summed E-state index contributed by atoms with van der Waals surface area (Å²) in [5.41, 5.74) is 0.951. The standard InChI is InChI=1S/C22H34O6S/c1-5-6-7-8-9-10-11-20-21(28-22(3,4)27-20)19(23)16-26-29(24,25)18-14-12-17(2)13-15-18/h10-15,19-21,23H,5-9,16H2,1-4H3/b11-10+/t19-,20+,21-/m1/s1. The molecule has 3 atom stereocenters. The van der Waals surface area contributed by atoms with Crippen LogP contribution in [0.2, 0.25) is 0 Å². The van der Waals surface area contributed by atoms with Crippen molar-refractivity contribution in [3.05, 3.63) is 42.0 Å². The summed E-state index contributed by atoms with van der Waals surface area (Å²) >= 11 is 0. The molecule has 0 bridgehead atoms. The van der Waals surface area contributed by atoms with E-state index in [0.717, 1.165) is 18.4 Å². The fourth-order valence-corrected chi connectivity index (χ4v) is 4.13. The number of aliphatic hydroxyl groups is 1. The Kier molecular flexibility index (Phi) is 8.85. The van der Waals surface area contributed by atoms with Gasteiger partial charge in [-0.3, -0.25) is 4.18 Å². The van der Waals surface area contributed by atoms with Crippen LogP contribution in [-0.4, -0.2) is 44.2 Å². The van der Waals surface area contributed by atoms with Crippen LogP contribution in [-0.2, 0) is 23.8 Å². The van der Waals surface area contributed by atoms with Gasteiger partial charge >= 0.3 is 0 Å². The molecule has 1 N–H and O–H groups in total. The predicted octanol–water partition coefficient (Wildman–Crippen LogP) is 4.11. The predicted molar refractivity (Wildman–Crippen MR) is 112 cm³/mol. The van der Waals surface area contributed by atoms with Crippen molar-refractivity contribution >= 4 is 10.1 Å². The van der Waals surface area contributed by atoms with E-state index in [1.54, 1.807) is 26.0 Å². The summed E-state index contributed by atoms with van der Waals surface area (Å²) in [6, 6.07) is 6.37. The number of rotatable bonds is 11. The molecule has 29 heavy (non-hydrogen) atoms. The van der Waals surface area contributed by atoms with Crippen LogP contribution in [0, 0.1) is 6.92 Å². The number of allylic oxidation sites excluding steroid dienone is 1. The summed E-state index contributed by atoms with van der Waals surface area (Å²) in [6.07, 6.45) is 7.25. The molecule has 1 aromatic carbocycles. The van der Waals surface area contributed by atoms with Crippen molar-refractivity contribution in [1.29, 1.82) is 0 Å². The molecule has 1 aliphatic rings. The molecule has 1 saturated heterocycles.